The molecule has 2 aliphatic rings. The molecule has 0 amide bonds. The lowest BCUT2D eigenvalue weighted by Gasteiger charge is -2.29. The molecule has 0 spiro atoms. The minimum absolute atomic E-state index is 0.0142. The zero-order valence-electron chi connectivity index (χ0n) is 14.9. The van der Waals surface area contributed by atoms with Gasteiger partial charge in [0.25, 0.3) is 0 Å². The number of aromatic nitrogens is 2. The van der Waals surface area contributed by atoms with Crippen LogP contribution >= 0.6 is 0 Å². The van der Waals surface area contributed by atoms with Gasteiger partial charge in [0.05, 0.1) is 13.2 Å². The van der Waals surface area contributed by atoms with E-state index in [2.05, 4.69) is 20.2 Å². The van der Waals surface area contributed by atoms with E-state index < -0.39 is 11.9 Å². The molecule has 144 valence electrons. The highest BCUT2D eigenvalue weighted by Gasteiger charge is 2.43. The zero-order valence-corrected chi connectivity index (χ0v) is 14.9. The minimum atomic E-state index is -4.48. The third-order valence-corrected chi connectivity index (χ3v) is 5.15. The van der Waals surface area contributed by atoms with Gasteiger partial charge in [0.15, 0.2) is 0 Å². The first kappa shape index (κ1) is 18.0. The number of benzene rings is 1. The van der Waals surface area contributed by atoms with Crippen molar-refractivity contribution in [1.82, 2.24) is 14.9 Å². The monoisotopic (exact) mass is 378 g/mol. The van der Waals surface area contributed by atoms with Gasteiger partial charge in [-0.2, -0.15) is 13.2 Å². The van der Waals surface area contributed by atoms with Crippen LogP contribution in [0.5, 0.6) is 5.75 Å². The van der Waals surface area contributed by atoms with Gasteiger partial charge in [-0.15, -0.1) is 0 Å². The summed E-state index contributed by atoms with van der Waals surface area (Å²) < 4.78 is 44.2. The molecule has 1 N–H and O–H groups in total. The molecule has 0 bridgehead atoms. The lowest BCUT2D eigenvalue weighted by Crippen LogP contribution is -2.33. The third-order valence-electron chi connectivity index (χ3n) is 5.15. The lowest BCUT2D eigenvalue weighted by molar-refractivity contribution is -0.141. The summed E-state index contributed by atoms with van der Waals surface area (Å²) in [6.45, 7) is 0.892. The maximum absolute atomic E-state index is 12.9. The van der Waals surface area contributed by atoms with Gasteiger partial charge < -0.3 is 10.1 Å². The summed E-state index contributed by atoms with van der Waals surface area (Å²) in [4.78, 5) is 10.1. The van der Waals surface area contributed by atoms with Gasteiger partial charge in [0.2, 0.25) is 5.95 Å². The fraction of sp³-hybridized carbons (Fsp3) is 0.474. The fourth-order valence-corrected chi connectivity index (χ4v) is 3.78. The summed E-state index contributed by atoms with van der Waals surface area (Å²) in [6, 6.07) is 9.26. The van der Waals surface area contributed by atoms with E-state index >= 15 is 0 Å². The molecule has 1 aliphatic carbocycles. The van der Waals surface area contributed by atoms with Crippen LogP contribution in [0.3, 0.4) is 0 Å². The molecular formula is C19H21F3N4O. The Kier molecular flexibility index (Phi) is 4.67. The number of methoxy groups -OCH3 is 1. The number of hydrogen-bond acceptors (Lipinski definition) is 5. The van der Waals surface area contributed by atoms with Crippen molar-refractivity contribution in [2.24, 2.45) is 0 Å². The van der Waals surface area contributed by atoms with Gasteiger partial charge in [0.1, 0.15) is 11.4 Å². The Labute approximate surface area is 155 Å². The minimum Gasteiger partial charge on any atom is -0.497 e. The van der Waals surface area contributed by atoms with Crippen LogP contribution in [0.4, 0.5) is 19.1 Å². The van der Waals surface area contributed by atoms with Crippen molar-refractivity contribution in [3.63, 3.8) is 0 Å². The Morgan fingerprint density at radius 1 is 1.19 bits per heavy atom. The molecule has 27 heavy (non-hydrogen) atoms. The second-order valence-electron chi connectivity index (χ2n) is 6.99. The Bertz CT molecular complexity index is 810. The zero-order chi connectivity index (χ0) is 19.0. The summed E-state index contributed by atoms with van der Waals surface area (Å²) in [5.74, 6) is 0.782. The van der Waals surface area contributed by atoms with Gasteiger partial charge in [-0.05, 0) is 43.0 Å². The molecule has 5 nitrogen and oxygen atoms in total. The number of likely N-dealkylation sites (tertiary alicyclic amines) is 1. The number of halogens is 3. The first-order chi connectivity index (χ1) is 13.0. The van der Waals surface area contributed by atoms with Crippen LogP contribution in [0.15, 0.2) is 36.5 Å². The Morgan fingerprint density at radius 3 is 2.70 bits per heavy atom. The maximum atomic E-state index is 12.9. The summed E-state index contributed by atoms with van der Waals surface area (Å²) >= 11 is 0. The third kappa shape index (κ3) is 3.85. The molecule has 1 aliphatic heterocycles. The van der Waals surface area contributed by atoms with E-state index in [-0.39, 0.29) is 18.0 Å². The lowest BCUT2D eigenvalue weighted by atomic mass is 9.99. The molecule has 0 radical (unpaired) electrons. The topological polar surface area (TPSA) is 50.3 Å². The van der Waals surface area contributed by atoms with Crippen molar-refractivity contribution < 1.29 is 17.9 Å². The smallest absolute Gasteiger partial charge is 0.433 e. The molecule has 1 saturated heterocycles. The first-order valence-corrected chi connectivity index (χ1v) is 9.02. The standard InChI is InChI=1S/C19H21F3N4O/c1-27-14-4-2-3-12(11-14)17-15(8-10-26(17)13-5-6-13)24-18-23-9-7-16(25-18)19(20,21)22/h2-4,7,9,11,13,15,17H,5-6,8,10H2,1H3,(H,23,24,25). The van der Waals surface area contributed by atoms with Gasteiger partial charge in [-0.3, -0.25) is 4.90 Å². The van der Waals surface area contributed by atoms with Crippen LogP contribution in [-0.2, 0) is 6.18 Å². The Hall–Kier alpha value is -2.35. The number of nitrogens with zero attached hydrogens (tertiary/aromatic N) is 3. The van der Waals surface area contributed by atoms with Crippen molar-refractivity contribution in [3.05, 3.63) is 47.8 Å². The maximum Gasteiger partial charge on any atom is 0.433 e. The van der Waals surface area contributed by atoms with Crippen molar-refractivity contribution >= 4 is 5.95 Å². The van der Waals surface area contributed by atoms with Crippen LogP contribution < -0.4 is 10.1 Å². The van der Waals surface area contributed by atoms with Gasteiger partial charge in [0, 0.05) is 24.8 Å². The Balaban J connectivity index is 1.61. The number of alkyl halides is 3. The second kappa shape index (κ2) is 6.99. The van der Waals surface area contributed by atoms with Crippen molar-refractivity contribution in [2.45, 2.75) is 43.6 Å². The molecule has 1 saturated carbocycles. The molecule has 2 aromatic rings. The molecule has 2 unspecified atom stereocenters. The number of hydrogen-bond donors (Lipinski definition) is 1. The highest BCUT2D eigenvalue weighted by Crippen LogP contribution is 2.42. The van der Waals surface area contributed by atoms with Crippen LogP contribution in [-0.4, -0.2) is 40.6 Å². The highest BCUT2D eigenvalue weighted by molar-refractivity contribution is 5.36. The van der Waals surface area contributed by atoms with Crippen molar-refractivity contribution in [2.75, 3.05) is 19.0 Å². The largest absolute Gasteiger partial charge is 0.497 e. The number of ether oxygens (including phenoxy) is 1. The van der Waals surface area contributed by atoms with E-state index in [4.69, 9.17) is 4.74 Å². The van der Waals surface area contributed by atoms with E-state index in [0.29, 0.717) is 6.04 Å². The molecular weight excluding hydrogens is 357 g/mol. The summed E-state index contributed by atoms with van der Waals surface area (Å²) in [5.41, 5.74) is 0.151. The molecule has 1 aromatic carbocycles. The predicted molar refractivity (Wildman–Crippen MR) is 94.5 cm³/mol. The van der Waals surface area contributed by atoms with Crippen LogP contribution in [0, 0.1) is 0 Å². The normalized spacial score (nSPS) is 23.4. The second-order valence-corrected chi connectivity index (χ2v) is 6.99. The van der Waals surface area contributed by atoms with Crippen molar-refractivity contribution in [3.8, 4) is 5.75 Å². The van der Waals surface area contributed by atoms with Gasteiger partial charge in [-0.25, -0.2) is 9.97 Å². The van der Waals surface area contributed by atoms with Crippen LogP contribution in [0.1, 0.15) is 36.6 Å². The van der Waals surface area contributed by atoms with Gasteiger partial charge in [-0.1, -0.05) is 12.1 Å². The van der Waals surface area contributed by atoms with Crippen molar-refractivity contribution in [1.29, 1.82) is 0 Å². The molecule has 2 fully saturated rings. The van der Waals surface area contributed by atoms with E-state index in [1.807, 2.05) is 24.3 Å². The average molecular weight is 378 g/mol. The summed E-state index contributed by atoms with van der Waals surface area (Å²) in [5, 5.41) is 3.15. The Morgan fingerprint density at radius 2 is 2.00 bits per heavy atom. The average Bonchev–Trinajstić information content (AvgIpc) is 3.42. The van der Waals surface area contributed by atoms with E-state index in [1.54, 1.807) is 7.11 Å². The number of nitrogens with one attached hydrogen (secondary N) is 1. The van der Waals surface area contributed by atoms with Crippen LogP contribution in [0.25, 0.3) is 0 Å². The summed E-state index contributed by atoms with van der Waals surface area (Å²) in [7, 11) is 1.62. The molecule has 8 heteroatoms. The SMILES string of the molecule is COc1cccc(C2C(Nc3nccc(C(F)(F)F)n3)CCN2C2CC2)c1. The van der Waals surface area contributed by atoms with E-state index in [9.17, 15) is 13.2 Å². The molecule has 1 aromatic heterocycles. The van der Waals surface area contributed by atoms with E-state index in [0.717, 1.165) is 49.4 Å². The number of anilines is 1. The molecule has 2 heterocycles. The van der Waals surface area contributed by atoms with Gasteiger partial charge >= 0.3 is 6.18 Å². The molecule has 4 rings (SSSR count). The highest BCUT2D eigenvalue weighted by atomic mass is 19.4. The molecule has 2 atom stereocenters. The predicted octanol–water partition coefficient (Wildman–Crippen LogP) is 3.89. The van der Waals surface area contributed by atoms with E-state index in [1.165, 1.54) is 0 Å². The quantitative estimate of drug-likeness (QED) is 0.855. The summed E-state index contributed by atoms with van der Waals surface area (Å²) in [6.07, 6.45) is -0.202. The first-order valence-electron chi connectivity index (χ1n) is 9.02. The number of rotatable bonds is 5. The van der Waals surface area contributed by atoms with Crippen LogP contribution in [0.2, 0.25) is 0 Å². The fourth-order valence-electron chi connectivity index (χ4n) is 3.78.